The topological polar surface area (TPSA) is 64.3 Å². The molecule has 1 aromatic rings. The van der Waals surface area contributed by atoms with E-state index in [2.05, 4.69) is 0 Å². The lowest BCUT2D eigenvalue weighted by Crippen LogP contribution is -2.51. The van der Waals surface area contributed by atoms with Gasteiger partial charge in [0.2, 0.25) is 0 Å². The number of aromatic nitrogens is 1. The molecule has 0 aliphatic rings. The molecule has 0 amide bonds. The molecule has 0 aliphatic heterocycles. The van der Waals surface area contributed by atoms with E-state index in [4.69, 9.17) is 13.0 Å². The summed E-state index contributed by atoms with van der Waals surface area (Å²) < 4.78 is 29.2. The first-order chi connectivity index (χ1) is 6.30. The molecule has 1 aromatic heterocycles. The van der Waals surface area contributed by atoms with Crippen molar-refractivity contribution in [3.05, 3.63) is 30.6 Å². The van der Waals surface area contributed by atoms with E-state index in [9.17, 15) is 0 Å². The molecular weight excluding hydrogens is 204 g/mol. The van der Waals surface area contributed by atoms with Gasteiger partial charge in [0, 0.05) is 18.4 Å². The van der Waals surface area contributed by atoms with Crippen LogP contribution in [-0.4, -0.2) is 33.3 Å². The van der Waals surface area contributed by atoms with E-state index in [-0.39, 0.29) is 0 Å². The molecule has 0 atom stereocenters. The van der Waals surface area contributed by atoms with E-state index in [0.717, 1.165) is 0 Å². The highest BCUT2D eigenvalue weighted by molar-refractivity contribution is 7.84. The summed E-state index contributed by atoms with van der Waals surface area (Å²) in [6.45, 7) is 0. The molecule has 80 valence electrons. The summed E-state index contributed by atoms with van der Waals surface area (Å²) >= 11 is 0. The van der Waals surface area contributed by atoms with Gasteiger partial charge in [-0.2, -0.15) is 5.01 Å². The molecule has 14 heavy (non-hydrogen) atoms. The van der Waals surface area contributed by atoms with Gasteiger partial charge in [0.1, 0.15) is 0 Å². The van der Waals surface area contributed by atoms with Crippen LogP contribution in [0.4, 0.5) is 0 Å². The van der Waals surface area contributed by atoms with Gasteiger partial charge in [0.25, 0.3) is 0 Å². The molecule has 0 bridgehead atoms. The normalized spacial score (nSPS) is 10.0. The Morgan fingerprint density at radius 1 is 1.14 bits per heavy atom. The number of hydrogen-bond acceptors (Lipinski definition) is 4. The van der Waals surface area contributed by atoms with E-state index in [1.807, 2.05) is 54.4 Å². The fraction of sp³-hybridized carbons (Fsp3) is 0.375. The molecule has 0 aliphatic carbocycles. The molecule has 0 spiro atoms. The van der Waals surface area contributed by atoms with Crippen molar-refractivity contribution < 1.29 is 17.6 Å². The minimum Gasteiger partial charge on any atom is -0.748 e. The average molecular weight is 218 g/mol. The molecule has 1 rings (SSSR count). The molecule has 6 heteroatoms. The monoisotopic (exact) mass is 218 g/mol. The first kappa shape index (κ1) is 12.9. The molecular formula is C8H14N2O3S. The van der Waals surface area contributed by atoms with Crippen molar-refractivity contribution in [2.24, 2.45) is 0 Å². The zero-order valence-corrected chi connectivity index (χ0v) is 9.23. The highest BCUT2D eigenvalue weighted by atomic mass is 32.2. The van der Waals surface area contributed by atoms with E-state index in [1.54, 1.807) is 0 Å². The van der Waals surface area contributed by atoms with E-state index >= 15 is 0 Å². The predicted molar refractivity (Wildman–Crippen MR) is 52.3 cm³/mol. The number of rotatable bonds is 1. The summed E-state index contributed by atoms with van der Waals surface area (Å²) in [6, 6.07) is 6.00. The van der Waals surface area contributed by atoms with Gasteiger partial charge < -0.3 is 4.55 Å². The maximum Gasteiger partial charge on any atom is 0.199 e. The number of hydrogen-bond donors (Lipinski definition) is 0. The van der Waals surface area contributed by atoms with Crippen molar-refractivity contribution in [3.8, 4) is 0 Å². The summed E-state index contributed by atoms with van der Waals surface area (Å²) in [6.07, 6.45) is 4.60. The second-order valence-corrected chi connectivity index (χ2v) is 4.22. The standard InChI is InChI=1S/C7H11N2.CH4O3S/c1-8(2)9-6-4-3-5-7-9;1-5(2,3)4/h3-7H,1-2H3;1H3,(H,2,3,4)/q+1;/p-1. The molecule has 0 saturated heterocycles. The highest BCUT2D eigenvalue weighted by Crippen LogP contribution is 1.74. The minimum atomic E-state index is -3.92. The Morgan fingerprint density at radius 2 is 1.50 bits per heavy atom. The Labute approximate surface area is 84.3 Å². The van der Waals surface area contributed by atoms with Gasteiger partial charge in [-0.15, -0.1) is 0 Å². The third kappa shape index (κ3) is 8.95. The fourth-order valence-electron chi connectivity index (χ4n) is 0.656. The lowest BCUT2D eigenvalue weighted by molar-refractivity contribution is -0.687. The van der Waals surface area contributed by atoms with Crippen LogP contribution in [0.5, 0.6) is 0 Å². The molecule has 0 unspecified atom stereocenters. The van der Waals surface area contributed by atoms with Crippen LogP contribution in [0.3, 0.4) is 0 Å². The van der Waals surface area contributed by atoms with E-state index in [0.29, 0.717) is 6.26 Å². The zero-order chi connectivity index (χ0) is 11.2. The largest absolute Gasteiger partial charge is 0.748 e. The van der Waals surface area contributed by atoms with Crippen molar-refractivity contribution in [3.63, 3.8) is 0 Å². The summed E-state index contributed by atoms with van der Waals surface area (Å²) in [4.78, 5) is 0. The molecule has 0 radical (unpaired) electrons. The van der Waals surface area contributed by atoms with Crippen LogP contribution in [0.2, 0.25) is 0 Å². The minimum absolute atomic E-state index is 0.604. The molecule has 0 N–H and O–H groups in total. The van der Waals surface area contributed by atoms with E-state index in [1.165, 1.54) is 0 Å². The zero-order valence-electron chi connectivity index (χ0n) is 8.41. The fourth-order valence-corrected chi connectivity index (χ4v) is 0.656. The van der Waals surface area contributed by atoms with Crippen LogP contribution >= 0.6 is 0 Å². The Kier molecular flexibility index (Phi) is 5.11. The SMILES string of the molecule is CN(C)[n+]1ccccc1.CS(=O)(=O)[O-]. The van der Waals surface area contributed by atoms with Gasteiger partial charge in [-0.25, -0.2) is 8.42 Å². The van der Waals surface area contributed by atoms with Crippen LogP contribution in [0.15, 0.2) is 30.6 Å². The van der Waals surface area contributed by atoms with Crippen LogP contribution < -0.4 is 9.69 Å². The summed E-state index contributed by atoms with van der Waals surface area (Å²) in [5, 5.41) is 2.00. The first-order valence-electron chi connectivity index (χ1n) is 3.85. The van der Waals surface area contributed by atoms with Gasteiger partial charge in [0.15, 0.2) is 12.4 Å². The summed E-state index contributed by atoms with van der Waals surface area (Å²) in [5.74, 6) is 0. The highest BCUT2D eigenvalue weighted by Gasteiger charge is 1.95. The molecule has 1 heterocycles. The molecule has 5 nitrogen and oxygen atoms in total. The molecule has 0 fully saturated rings. The second-order valence-electron chi connectivity index (χ2n) is 2.81. The molecule has 0 aromatic carbocycles. The summed E-state index contributed by atoms with van der Waals surface area (Å²) in [5.41, 5.74) is 0. The van der Waals surface area contributed by atoms with Crippen molar-refractivity contribution in [1.82, 2.24) is 0 Å². The number of nitrogens with zero attached hydrogens (tertiary/aromatic N) is 2. The predicted octanol–water partition coefficient (Wildman–Crippen LogP) is -0.667. The lowest BCUT2D eigenvalue weighted by Gasteiger charge is -2.02. The molecule has 0 saturated carbocycles. The van der Waals surface area contributed by atoms with Gasteiger partial charge in [-0.05, 0) is 0 Å². The Balaban J connectivity index is 0.000000292. The van der Waals surface area contributed by atoms with Crippen LogP contribution in [0.1, 0.15) is 0 Å². The van der Waals surface area contributed by atoms with Crippen molar-refractivity contribution in [2.45, 2.75) is 0 Å². The van der Waals surface area contributed by atoms with Gasteiger partial charge in [0.05, 0.1) is 24.2 Å². The van der Waals surface area contributed by atoms with Gasteiger partial charge >= 0.3 is 0 Å². The quantitative estimate of drug-likeness (QED) is 0.463. The maximum absolute atomic E-state index is 9.08. The van der Waals surface area contributed by atoms with Crippen LogP contribution in [0, 0.1) is 0 Å². The van der Waals surface area contributed by atoms with Crippen LogP contribution in [-0.2, 0) is 10.1 Å². The summed E-state index contributed by atoms with van der Waals surface area (Å²) in [7, 11) is 0.0833. The Morgan fingerprint density at radius 3 is 1.71 bits per heavy atom. The van der Waals surface area contributed by atoms with Crippen LogP contribution in [0.25, 0.3) is 0 Å². The average Bonchev–Trinajstić information content (AvgIpc) is 2.03. The van der Waals surface area contributed by atoms with Crippen molar-refractivity contribution >= 4 is 10.1 Å². The van der Waals surface area contributed by atoms with E-state index < -0.39 is 10.1 Å². The maximum atomic E-state index is 9.08. The Hall–Kier alpha value is -1.14. The third-order valence-corrected chi connectivity index (χ3v) is 1.16. The first-order valence-corrected chi connectivity index (χ1v) is 5.67. The van der Waals surface area contributed by atoms with Crippen molar-refractivity contribution in [2.75, 3.05) is 25.4 Å². The third-order valence-electron chi connectivity index (χ3n) is 1.16. The van der Waals surface area contributed by atoms with Gasteiger partial charge in [-0.3, -0.25) is 0 Å². The van der Waals surface area contributed by atoms with Crippen molar-refractivity contribution in [1.29, 1.82) is 0 Å². The van der Waals surface area contributed by atoms with Gasteiger partial charge in [-0.1, -0.05) is 10.7 Å². The second kappa shape index (κ2) is 5.56. The number of pyridine rings is 1. The smallest absolute Gasteiger partial charge is 0.199 e. The Bertz CT molecular complexity index is 340. The lowest BCUT2D eigenvalue weighted by atomic mass is 10.5.